The molecule has 0 unspecified atom stereocenters. The molecule has 0 bridgehead atoms. The van der Waals surface area contributed by atoms with Gasteiger partial charge < -0.3 is 10.1 Å². The SMILES string of the molecule is COC(=O)c1ccc(NCCN(C(C)C)C(C)C)nc1C. The first kappa shape index (κ1) is 17.4. The van der Waals surface area contributed by atoms with E-state index in [9.17, 15) is 4.79 Å². The number of nitrogens with zero attached hydrogens (tertiary/aromatic N) is 2. The number of anilines is 1. The number of aromatic nitrogens is 1. The van der Waals surface area contributed by atoms with Crippen molar-refractivity contribution in [2.75, 3.05) is 25.5 Å². The van der Waals surface area contributed by atoms with Crippen molar-refractivity contribution in [1.82, 2.24) is 9.88 Å². The van der Waals surface area contributed by atoms with Gasteiger partial charge in [-0.05, 0) is 46.8 Å². The fraction of sp³-hybridized carbons (Fsp3) is 0.625. The topological polar surface area (TPSA) is 54.5 Å². The molecule has 5 nitrogen and oxygen atoms in total. The number of esters is 1. The van der Waals surface area contributed by atoms with Gasteiger partial charge in [-0.15, -0.1) is 0 Å². The molecule has 0 aliphatic carbocycles. The van der Waals surface area contributed by atoms with Crippen LogP contribution in [0.4, 0.5) is 5.82 Å². The number of rotatable bonds is 7. The van der Waals surface area contributed by atoms with Crippen molar-refractivity contribution < 1.29 is 9.53 Å². The van der Waals surface area contributed by atoms with Crippen molar-refractivity contribution in [1.29, 1.82) is 0 Å². The summed E-state index contributed by atoms with van der Waals surface area (Å²) in [5, 5.41) is 3.30. The summed E-state index contributed by atoms with van der Waals surface area (Å²) in [6, 6.07) is 4.60. The number of carbonyl (C=O) groups excluding carboxylic acids is 1. The normalized spacial score (nSPS) is 11.3. The van der Waals surface area contributed by atoms with E-state index in [4.69, 9.17) is 4.74 Å². The Morgan fingerprint density at radius 1 is 1.29 bits per heavy atom. The number of pyridine rings is 1. The largest absolute Gasteiger partial charge is 0.465 e. The van der Waals surface area contributed by atoms with Crippen LogP contribution in [0.15, 0.2) is 12.1 Å². The van der Waals surface area contributed by atoms with Gasteiger partial charge in [0.15, 0.2) is 0 Å². The third kappa shape index (κ3) is 5.01. The molecule has 0 spiro atoms. The lowest BCUT2D eigenvalue weighted by Crippen LogP contribution is -2.40. The van der Waals surface area contributed by atoms with E-state index in [1.165, 1.54) is 7.11 Å². The molecule has 0 aliphatic rings. The number of hydrogen-bond donors (Lipinski definition) is 1. The first-order valence-corrected chi connectivity index (χ1v) is 7.42. The summed E-state index contributed by atoms with van der Waals surface area (Å²) in [6.45, 7) is 12.4. The summed E-state index contributed by atoms with van der Waals surface area (Å²) in [7, 11) is 1.38. The Bertz CT molecular complexity index is 465. The second-order valence-corrected chi connectivity index (χ2v) is 5.67. The number of ether oxygens (including phenoxy) is 1. The van der Waals surface area contributed by atoms with Gasteiger partial charge in [-0.3, -0.25) is 4.90 Å². The van der Waals surface area contributed by atoms with E-state index in [0.717, 1.165) is 18.9 Å². The van der Waals surface area contributed by atoms with Crippen LogP contribution in [0.25, 0.3) is 0 Å². The van der Waals surface area contributed by atoms with Crippen LogP contribution in [-0.4, -0.2) is 48.1 Å². The molecule has 0 aliphatic heterocycles. The van der Waals surface area contributed by atoms with Crippen molar-refractivity contribution >= 4 is 11.8 Å². The molecule has 1 heterocycles. The number of methoxy groups -OCH3 is 1. The highest BCUT2D eigenvalue weighted by atomic mass is 16.5. The van der Waals surface area contributed by atoms with Gasteiger partial charge in [0.2, 0.25) is 0 Å². The lowest BCUT2D eigenvalue weighted by Gasteiger charge is -2.30. The molecular weight excluding hydrogens is 266 g/mol. The van der Waals surface area contributed by atoms with Crippen molar-refractivity contribution in [3.05, 3.63) is 23.4 Å². The van der Waals surface area contributed by atoms with Crippen LogP contribution in [0.3, 0.4) is 0 Å². The third-order valence-electron chi connectivity index (χ3n) is 3.49. The summed E-state index contributed by atoms with van der Waals surface area (Å²) in [6.07, 6.45) is 0. The molecule has 0 fully saturated rings. The predicted molar refractivity (Wildman–Crippen MR) is 85.8 cm³/mol. The summed E-state index contributed by atoms with van der Waals surface area (Å²) in [5.74, 6) is 0.435. The van der Waals surface area contributed by atoms with Crippen LogP contribution in [0.1, 0.15) is 43.7 Å². The minimum absolute atomic E-state index is 0.350. The Hall–Kier alpha value is -1.62. The van der Waals surface area contributed by atoms with Gasteiger partial charge in [0.1, 0.15) is 5.82 Å². The predicted octanol–water partition coefficient (Wildman–Crippen LogP) is 2.71. The van der Waals surface area contributed by atoms with Crippen LogP contribution in [0.2, 0.25) is 0 Å². The zero-order valence-electron chi connectivity index (χ0n) is 13.9. The fourth-order valence-electron chi connectivity index (χ4n) is 2.41. The Labute approximate surface area is 127 Å². The summed E-state index contributed by atoms with van der Waals surface area (Å²) >= 11 is 0. The van der Waals surface area contributed by atoms with Crippen LogP contribution in [0, 0.1) is 6.92 Å². The van der Waals surface area contributed by atoms with Crippen LogP contribution in [-0.2, 0) is 4.74 Å². The molecule has 5 heteroatoms. The Morgan fingerprint density at radius 2 is 1.90 bits per heavy atom. The standard InChI is InChI=1S/C16H27N3O2/c1-11(2)19(12(3)4)10-9-17-15-8-7-14(13(5)18-15)16(20)21-6/h7-8,11-12H,9-10H2,1-6H3,(H,17,18). The van der Waals surface area contributed by atoms with E-state index in [1.54, 1.807) is 6.07 Å². The average Bonchev–Trinajstić information content (AvgIpc) is 2.42. The molecule has 21 heavy (non-hydrogen) atoms. The molecule has 0 saturated heterocycles. The number of aryl methyl sites for hydroxylation is 1. The fourth-order valence-corrected chi connectivity index (χ4v) is 2.41. The van der Waals surface area contributed by atoms with Gasteiger partial charge in [0.25, 0.3) is 0 Å². The Balaban J connectivity index is 2.60. The minimum Gasteiger partial charge on any atom is -0.465 e. The molecule has 1 N–H and O–H groups in total. The first-order valence-electron chi connectivity index (χ1n) is 7.42. The maximum Gasteiger partial charge on any atom is 0.339 e. The van der Waals surface area contributed by atoms with E-state index < -0.39 is 0 Å². The summed E-state index contributed by atoms with van der Waals surface area (Å²) in [5.41, 5.74) is 1.19. The summed E-state index contributed by atoms with van der Waals surface area (Å²) in [4.78, 5) is 18.3. The molecule has 0 saturated carbocycles. The van der Waals surface area contributed by atoms with Crippen LogP contribution >= 0.6 is 0 Å². The molecular formula is C16H27N3O2. The van der Waals surface area contributed by atoms with E-state index >= 15 is 0 Å². The first-order chi connectivity index (χ1) is 9.86. The van der Waals surface area contributed by atoms with Crippen molar-refractivity contribution in [3.63, 3.8) is 0 Å². The molecule has 1 aromatic heterocycles. The minimum atomic E-state index is -0.350. The van der Waals surface area contributed by atoms with Gasteiger partial charge in [-0.25, -0.2) is 9.78 Å². The average molecular weight is 293 g/mol. The van der Waals surface area contributed by atoms with Crippen LogP contribution < -0.4 is 5.32 Å². The van der Waals surface area contributed by atoms with Gasteiger partial charge in [-0.1, -0.05) is 0 Å². The zero-order valence-corrected chi connectivity index (χ0v) is 13.9. The second kappa shape index (κ2) is 7.98. The number of nitrogens with one attached hydrogen (secondary N) is 1. The van der Waals surface area contributed by atoms with Gasteiger partial charge in [0.05, 0.1) is 18.4 Å². The molecule has 0 amide bonds. The van der Waals surface area contributed by atoms with Crippen molar-refractivity contribution in [2.45, 2.75) is 46.7 Å². The maximum atomic E-state index is 11.5. The van der Waals surface area contributed by atoms with Gasteiger partial charge in [-0.2, -0.15) is 0 Å². The van der Waals surface area contributed by atoms with E-state index in [-0.39, 0.29) is 5.97 Å². The van der Waals surface area contributed by atoms with Gasteiger partial charge in [0, 0.05) is 25.2 Å². The van der Waals surface area contributed by atoms with Gasteiger partial charge >= 0.3 is 5.97 Å². The highest BCUT2D eigenvalue weighted by molar-refractivity contribution is 5.90. The highest BCUT2D eigenvalue weighted by Crippen LogP contribution is 2.12. The van der Waals surface area contributed by atoms with Crippen molar-refractivity contribution in [3.8, 4) is 0 Å². The zero-order chi connectivity index (χ0) is 16.0. The lowest BCUT2D eigenvalue weighted by molar-refractivity contribution is 0.0599. The highest BCUT2D eigenvalue weighted by Gasteiger charge is 2.13. The molecule has 1 aromatic rings. The second-order valence-electron chi connectivity index (χ2n) is 5.67. The molecule has 118 valence electrons. The summed E-state index contributed by atoms with van der Waals surface area (Å²) < 4.78 is 4.72. The van der Waals surface area contributed by atoms with Crippen LogP contribution in [0.5, 0.6) is 0 Å². The molecule has 1 rings (SSSR count). The molecule has 0 atom stereocenters. The van der Waals surface area contributed by atoms with E-state index in [1.807, 2.05) is 13.0 Å². The lowest BCUT2D eigenvalue weighted by atomic mass is 10.2. The quantitative estimate of drug-likeness (QED) is 0.783. The Kier molecular flexibility index (Phi) is 6.62. The molecule has 0 radical (unpaired) electrons. The smallest absolute Gasteiger partial charge is 0.339 e. The number of carbonyl (C=O) groups is 1. The Morgan fingerprint density at radius 3 is 2.38 bits per heavy atom. The number of hydrogen-bond acceptors (Lipinski definition) is 5. The van der Waals surface area contributed by atoms with Crippen molar-refractivity contribution in [2.24, 2.45) is 0 Å². The van der Waals surface area contributed by atoms with E-state index in [0.29, 0.717) is 23.3 Å². The van der Waals surface area contributed by atoms with E-state index in [2.05, 4.69) is 42.9 Å². The molecule has 0 aromatic carbocycles. The maximum absolute atomic E-state index is 11.5. The monoisotopic (exact) mass is 293 g/mol. The third-order valence-corrected chi connectivity index (χ3v) is 3.49.